The summed E-state index contributed by atoms with van der Waals surface area (Å²) in [5.41, 5.74) is 1.48. The highest BCUT2D eigenvalue weighted by molar-refractivity contribution is 7.92. The van der Waals surface area contributed by atoms with E-state index >= 15 is 0 Å². The van der Waals surface area contributed by atoms with Gasteiger partial charge in [0.2, 0.25) is 11.8 Å². The van der Waals surface area contributed by atoms with Gasteiger partial charge in [-0.15, -0.1) is 0 Å². The second kappa shape index (κ2) is 15.6. The van der Waals surface area contributed by atoms with Crippen molar-refractivity contribution in [1.29, 1.82) is 0 Å². The monoisotopic (exact) mass is 678 g/mol. The molecule has 0 radical (unpaired) electrons. The average Bonchev–Trinajstić information content (AvgIpc) is 3.06. The van der Waals surface area contributed by atoms with Crippen LogP contribution in [0.1, 0.15) is 23.6 Å². The van der Waals surface area contributed by atoms with Crippen molar-refractivity contribution in [3.8, 4) is 5.75 Å². The predicted molar refractivity (Wildman–Crippen MR) is 180 cm³/mol. The van der Waals surface area contributed by atoms with E-state index in [9.17, 15) is 28.1 Å². The molecule has 13 heteroatoms. The number of nitrogens with zero attached hydrogens (tertiary/aromatic N) is 3. The number of rotatable bonds is 14. The fourth-order valence-electron chi connectivity index (χ4n) is 4.98. The molecule has 0 aliphatic carbocycles. The molecule has 0 bridgehead atoms. The summed E-state index contributed by atoms with van der Waals surface area (Å²) < 4.78 is 34.6. The number of hydrogen-bond acceptors (Lipinski definition) is 7. The molecule has 0 aliphatic rings. The molecule has 47 heavy (non-hydrogen) atoms. The van der Waals surface area contributed by atoms with Crippen LogP contribution in [-0.4, -0.2) is 56.3 Å². The maximum atomic E-state index is 14.4. The Kier molecular flexibility index (Phi) is 11.6. The molecule has 0 aromatic heterocycles. The van der Waals surface area contributed by atoms with Crippen LogP contribution >= 0.6 is 11.6 Å². The smallest absolute Gasteiger partial charge is 0.273 e. The minimum absolute atomic E-state index is 0.0306. The van der Waals surface area contributed by atoms with Crippen LogP contribution in [-0.2, 0) is 32.6 Å². The number of halogens is 1. The number of ether oxygens (including phenoxy) is 1. The first-order valence-electron chi connectivity index (χ1n) is 14.7. The van der Waals surface area contributed by atoms with E-state index in [0.717, 1.165) is 15.9 Å². The number of carbonyl (C=O) groups is 2. The number of methoxy groups -OCH3 is 1. The van der Waals surface area contributed by atoms with Gasteiger partial charge in [0.15, 0.2) is 0 Å². The molecule has 0 fully saturated rings. The molecule has 0 saturated heterocycles. The molecule has 4 aromatic carbocycles. The van der Waals surface area contributed by atoms with E-state index in [4.69, 9.17) is 16.3 Å². The zero-order valence-electron chi connectivity index (χ0n) is 26.1. The lowest BCUT2D eigenvalue weighted by molar-refractivity contribution is -0.385. The summed E-state index contributed by atoms with van der Waals surface area (Å²) in [5.74, 6) is -0.633. The molecule has 1 N–H and O–H groups in total. The summed E-state index contributed by atoms with van der Waals surface area (Å²) in [6.45, 7) is 2.83. The second-order valence-corrected chi connectivity index (χ2v) is 13.0. The molecule has 11 nitrogen and oxygen atoms in total. The van der Waals surface area contributed by atoms with Crippen LogP contribution in [0.15, 0.2) is 102 Å². The van der Waals surface area contributed by atoms with E-state index in [1.54, 1.807) is 31.2 Å². The number of nitro benzene ring substituents is 1. The third kappa shape index (κ3) is 8.66. The Morgan fingerprint density at radius 1 is 0.957 bits per heavy atom. The minimum Gasteiger partial charge on any atom is -0.497 e. The molecule has 4 aromatic rings. The number of anilines is 1. The van der Waals surface area contributed by atoms with E-state index in [1.807, 2.05) is 30.3 Å². The van der Waals surface area contributed by atoms with Gasteiger partial charge in [-0.05, 0) is 67.4 Å². The van der Waals surface area contributed by atoms with Crippen molar-refractivity contribution < 1.29 is 27.7 Å². The molecule has 2 amide bonds. The molecule has 4 rings (SSSR count). The number of aryl methyl sites for hydroxylation is 1. The molecular weight excluding hydrogens is 644 g/mol. The van der Waals surface area contributed by atoms with Gasteiger partial charge in [0.25, 0.3) is 15.7 Å². The number of sulfonamides is 1. The van der Waals surface area contributed by atoms with Gasteiger partial charge in [-0.3, -0.25) is 24.0 Å². The lowest BCUT2D eigenvalue weighted by atomic mass is 10.0. The summed E-state index contributed by atoms with van der Waals surface area (Å²) in [5, 5.41) is 15.0. The molecule has 1 atom stereocenters. The highest BCUT2D eigenvalue weighted by Crippen LogP contribution is 2.30. The fraction of sp³-hybridized carbons (Fsp3) is 0.235. The molecule has 1 unspecified atom stereocenters. The number of nitrogens with one attached hydrogen (secondary N) is 1. The lowest BCUT2D eigenvalue weighted by Gasteiger charge is -2.33. The van der Waals surface area contributed by atoms with Crippen molar-refractivity contribution in [1.82, 2.24) is 10.2 Å². The standard InChI is InChI=1S/C34H35ClN4O7S/c1-4-36-34(41)32(20-25-8-6-5-7-9-25)37(22-26-11-13-27(35)14-12-26)33(40)23-38(28-15-17-29(46-3)18-16-28)47(44,45)30-19-10-24(2)31(21-30)39(42)43/h5-19,21,32H,4,20,22-23H2,1-3H3,(H,36,41). The van der Waals surface area contributed by atoms with Gasteiger partial charge in [-0.25, -0.2) is 8.42 Å². The summed E-state index contributed by atoms with van der Waals surface area (Å²) in [4.78, 5) is 40.0. The largest absolute Gasteiger partial charge is 0.497 e. The summed E-state index contributed by atoms with van der Waals surface area (Å²) in [7, 11) is -3.09. The molecule has 0 heterocycles. The lowest BCUT2D eigenvalue weighted by Crippen LogP contribution is -2.53. The van der Waals surface area contributed by atoms with Crippen LogP contribution in [0.25, 0.3) is 0 Å². The first-order valence-corrected chi connectivity index (χ1v) is 16.5. The Morgan fingerprint density at radius 2 is 1.62 bits per heavy atom. The Bertz CT molecular complexity index is 1820. The van der Waals surface area contributed by atoms with Crippen molar-refractivity contribution in [3.05, 3.63) is 129 Å². The third-order valence-corrected chi connectivity index (χ3v) is 9.51. The molecular formula is C34H35ClN4O7S. The van der Waals surface area contributed by atoms with Crippen LogP contribution in [0.4, 0.5) is 11.4 Å². The van der Waals surface area contributed by atoms with E-state index in [0.29, 0.717) is 22.9 Å². The number of benzene rings is 4. The van der Waals surface area contributed by atoms with Crippen LogP contribution < -0.4 is 14.4 Å². The maximum absolute atomic E-state index is 14.4. The first-order chi connectivity index (χ1) is 22.4. The zero-order valence-corrected chi connectivity index (χ0v) is 27.7. The predicted octanol–water partition coefficient (Wildman–Crippen LogP) is 5.54. The first kappa shape index (κ1) is 34.9. The molecule has 246 valence electrons. The van der Waals surface area contributed by atoms with Gasteiger partial charge in [0.1, 0.15) is 18.3 Å². The fourth-order valence-corrected chi connectivity index (χ4v) is 6.54. The Balaban J connectivity index is 1.83. The van der Waals surface area contributed by atoms with Crippen molar-refractivity contribution in [2.75, 3.05) is 24.5 Å². The SMILES string of the molecule is CCNC(=O)C(Cc1ccccc1)N(Cc1ccc(Cl)cc1)C(=O)CN(c1ccc(OC)cc1)S(=O)(=O)c1ccc(C)c([N+](=O)[O-])c1. The van der Waals surface area contributed by atoms with Crippen molar-refractivity contribution in [3.63, 3.8) is 0 Å². The van der Waals surface area contributed by atoms with E-state index < -0.39 is 39.3 Å². The van der Waals surface area contributed by atoms with Gasteiger partial charge in [-0.1, -0.05) is 60.1 Å². The van der Waals surface area contributed by atoms with Gasteiger partial charge in [-0.2, -0.15) is 0 Å². The number of amides is 2. The van der Waals surface area contributed by atoms with Gasteiger partial charge in [0, 0.05) is 36.2 Å². The van der Waals surface area contributed by atoms with Gasteiger partial charge in [0.05, 0.1) is 22.6 Å². The number of carbonyl (C=O) groups excluding carboxylic acids is 2. The van der Waals surface area contributed by atoms with Gasteiger partial charge >= 0.3 is 0 Å². The zero-order chi connectivity index (χ0) is 34.1. The molecule has 0 spiro atoms. The number of nitro groups is 1. The number of hydrogen-bond donors (Lipinski definition) is 1. The van der Waals surface area contributed by atoms with Crippen molar-refractivity contribution >= 4 is 44.8 Å². The minimum atomic E-state index is -4.55. The Morgan fingerprint density at radius 3 is 2.21 bits per heavy atom. The summed E-state index contributed by atoms with van der Waals surface area (Å²) in [6, 6.07) is 24.6. The summed E-state index contributed by atoms with van der Waals surface area (Å²) in [6.07, 6.45) is 0.158. The topological polar surface area (TPSA) is 139 Å². The highest BCUT2D eigenvalue weighted by Gasteiger charge is 2.35. The van der Waals surface area contributed by atoms with Crippen LogP contribution in [0.3, 0.4) is 0 Å². The van der Waals surface area contributed by atoms with Crippen LogP contribution in [0, 0.1) is 17.0 Å². The van der Waals surface area contributed by atoms with E-state index in [-0.39, 0.29) is 34.8 Å². The average molecular weight is 679 g/mol. The van der Waals surface area contributed by atoms with Crippen LogP contribution in [0.5, 0.6) is 5.75 Å². The molecule has 0 saturated carbocycles. The van der Waals surface area contributed by atoms with Gasteiger partial charge < -0.3 is 15.0 Å². The molecule has 0 aliphatic heterocycles. The Labute approximate surface area is 278 Å². The van der Waals surface area contributed by atoms with Crippen molar-refractivity contribution in [2.45, 2.75) is 37.8 Å². The number of likely N-dealkylation sites (N-methyl/N-ethyl adjacent to an activating group) is 1. The maximum Gasteiger partial charge on any atom is 0.273 e. The van der Waals surface area contributed by atoms with E-state index in [2.05, 4.69) is 5.32 Å². The van der Waals surface area contributed by atoms with Crippen LogP contribution in [0.2, 0.25) is 5.02 Å². The summed E-state index contributed by atoms with van der Waals surface area (Å²) >= 11 is 6.11. The Hall–Kier alpha value is -4.94. The van der Waals surface area contributed by atoms with Crippen molar-refractivity contribution in [2.24, 2.45) is 0 Å². The second-order valence-electron chi connectivity index (χ2n) is 10.7. The third-order valence-electron chi connectivity index (χ3n) is 7.49. The van der Waals surface area contributed by atoms with E-state index in [1.165, 1.54) is 55.3 Å². The highest BCUT2D eigenvalue weighted by atomic mass is 35.5. The quantitative estimate of drug-likeness (QED) is 0.137. The normalized spacial score (nSPS) is 11.7.